The first-order valence-electron chi connectivity index (χ1n) is 4.17. The van der Waals surface area contributed by atoms with Crippen molar-refractivity contribution in [2.45, 2.75) is 24.3 Å². The second-order valence-corrected chi connectivity index (χ2v) is 7.31. The Balaban J connectivity index is 3.70. The highest BCUT2D eigenvalue weighted by Gasteiger charge is 2.18. The summed E-state index contributed by atoms with van der Waals surface area (Å²) < 4.78 is 9.13. The van der Waals surface area contributed by atoms with E-state index in [1.165, 1.54) is 45.6 Å². The molecule has 0 aromatic rings. The fraction of sp³-hybridized carbons (Fsp3) is 0.750. The summed E-state index contributed by atoms with van der Waals surface area (Å²) in [6.45, 7) is 3.51. The van der Waals surface area contributed by atoms with Gasteiger partial charge in [0.25, 0.3) is 0 Å². The number of esters is 2. The Morgan fingerprint density at radius 2 is 1.27 bits per heavy atom. The molecule has 7 heteroatoms. The van der Waals surface area contributed by atoms with E-state index in [1.54, 1.807) is 13.8 Å². The van der Waals surface area contributed by atoms with Gasteiger partial charge in [0.2, 0.25) is 0 Å². The molecule has 0 aliphatic carbocycles. The van der Waals surface area contributed by atoms with Gasteiger partial charge in [-0.25, -0.2) is 0 Å². The summed E-state index contributed by atoms with van der Waals surface area (Å²) in [6, 6.07) is 0. The molecular weight excluding hydrogens is 256 g/mol. The molecule has 0 spiro atoms. The van der Waals surface area contributed by atoms with Crippen molar-refractivity contribution in [3.05, 3.63) is 0 Å². The maximum absolute atomic E-state index is 11.0. The predicted molar refractivity (Wildman–Crippen MR) is 65.7 cm³/mol. The monoisotopic (exact) mass is 270 g/mol. The molecule has 0 saturated carbocycles. The zero-order chi connectivity index (χ0) is 11.8. The van der Waals surface area contributed by atoms with Crippen LogP contribution in [-0.2, 0) is 19.1 Å². The predicted octanol–water partition coefficient (Wildman–Crippen LogP) is 2.14. The van der Waals surface area contributed by atoms with E-state index in [0.717, 1.165) is 0 Å². The maximum atomic E-state index is 11.0. The van der Waals surface area contributed by atoms with Gasteiger partial charge in [-0.1, -0.05) is 21.6 Å². The molecule has 0 aliphatic rings. The molecule has 2 unspecified atom stereocenters. The summed E-state index contributed by atoms with van der Waals surface area (Å²) in [6.07, 6.45) is 0. The summed E-state index contributed by atoms with van der Waals surface area (Å²) in [5, 5.41) is -0.477. The molecule has 0 saturated heterocycles. The minimum Gasteiger partial charge on any atom is -0.468 e. The lowest BCUT2D eigenvalue weighted by molar-refractivity contribution is -0.140. The van der Waals surface area contributed by atoms with E-state index < -0.39 is 0 Å². The number of hydrogen-bond donors (Lipinski definition) is 0. The molecule has 0 aromatic heterocycles. The fourth-order valence-electron chi connectivity index (χ4n) is 0.551. The highest BCUT2D eigenvalue weighted by atomic mass is 33.5. The van der Waals surface area contributed by atoms with Crippen LogP contribution in [0.1, 0.15) is 13.8 Å². The van der Waals surface area contributed by atoms with Crippen LogP contribution < -0.4 is 0 Å². The zero-order valence-electron chi connectivity index (χ0n) is 9.01. The van der Waals surface area contributed by atoms with Gasteiger partial charge in [0.05, 0.1) is 14.2 Å². The number of carbonyl (C=O) groups is 2. The van der Waals surface area contributed by atoms with Crippen molar-refractivity contribution in [2.75, 3.05) is 14.2 Å². The van der Waals surface area contributed by atoms with E-state index in [4.69, 9.17) is 0 Å². The molecule has 0 rings (SSSR count). The van der Waals surface area contributed by atoms with Crippen LogP contribution in [0.4, 0.5) is 0 Å². The van der Waals surface area contributed by atoms with Gasteiger partial charge in [0, 0.05) is 0 Å². The number of hydrogen-bond acceptors (Lipinski definition) is 7. The molecule has 0 heterocycles. The first-order chi connectivity index (χ1) is 7.02. The van der Waals surface area contributed by atoms with Crippen LogP contribution in [0, 0.1) is 0 Å². The molecule has 2 atom stereocenters. The minimum atomic E-state index is -0.265. The van der Waals surface area contributed by atoms with Gasteiger partial charge in [0.1, 0.15) is 10.5 Å². The minimum absolute atomic E-state index is 0.239. The summed E-state index contributed by atoms with van der Waals surface area (Å²) >= 11 is 0. The molecule has 0 N–H and O–H groups in total. The Bertz CT molecular complexity index is 200. The van der Waals surface area contributed by atoms with Crippen LogP contribution in [0.2, 0.25) is 0 Å². The Hall–Kier alpha value is -0.0100. The third-order valence-corrected chi connectivity index (χ3v) is 6.17. The average Bonchev–Trinajstić information content (AvgIpc) is 2.26. The van der Waals surface area contributed by atoms with Crippen molar-refractivity contribution < 1.29 is 19.1 Å². The molecule has 0 aliphatic heterocycles. The van der Waals surface area contributed by atoms with Crippen molar-refractivity contribution in [3.8, 4) is 0 Å². The van der Waals surface area contributed by atoms with Crippen LogP contribution in [0.5, 0.6) is 0 Å². The van der Waals surface area contributed by atoms with E-state index in [9.17, 15) is 9.59 Å². The highest BCUT2D eigenvalue weighted by molar-refractivity contribution is 9.09. The van der Waals surface area contributed by atoms with Gasteiger partial charge in [-0.3, -0.25) is 9.59 Å². The van der Waals surface area contributed by atoms with Gasteiger partial charge in [-0.15, -0.1) is 0 Å². The molecule has 4 nitrogen and oxygen atoms in total. The Morgan fingerprint density at radius 1 is 0.933 bits per heavy atom. The van der Waals surface area contributed by atoms with E-state index >= 15 is 0 Å². The number of rotatable bonds is 6. The van der Waals surface area contributed by atoms with Gasteiger partial charge < -0.3 is 9.47 Å². The van der Waals surface area contributed by atoms with Gasteiger partial charge in [-0.2, -0.15) is 0 Å². The van der Waals surface area contributed by atoms with Crippen molar-refractivity contribution in [1.82, 2.24) is 0 Å². The van der Waals surface area contributed by atoms with Crippen molar-refractivity contribution >= 4 is 43.4 Å². The van der Waals surface area contributed by atoms with Crippen LogP contribution in [0.3, 0.4) is 0 Å². The quantitative estimate of drug-likeness (QED) is 0.541. The molecular formula is C8H14O4S3. The third kappa shape index (κ3) is 6.21. The summed E-state index contributed by atoms with van der Waals surface area (Å²) in [5.74, 6) is -0.530. The van der Waals surface area contributed by atoms with Crippen LogP contribution in [0.15, 0.2) is 0 Å². The average molecular weight is 270 g/mol. The molecule has 0 fully saturated rings. The molecule has 88 valence electrons. The lowest BCUT2D eigenvalue weighted by Crippen LogP contribution is -2.15. The second-order valence-electron chi connectivity index (χ2n) is 2.59. The number of methoxy groups -OCH3 is 2. The van der Waals surface area contributed by atoms with E-state index in [0.29, 0.717) is 0 Å². The van der Waals surface area contributed by atoms with E-state index in [2.05, 4.69) is 9.47 Å². The highest BCUT2D eigenvalue weighted by Crippen LogP contribution is 2.40. The van der Waals surface area contributed by atoms with Crippen LogP contribution in [-0.4, -0.2) is 36.7 Å². The SMILES string of the molecule is COC(=O)C(C)SSSC(C)C(=O)OC. The first kappa shape index (κ1) is 15.0. The summed E-state index contributed by atoms with van der Waals surface area (Å²) in [4.78, 5) is 22.0. The molecule has 0 bridgehead atoms. The number of ether oxygens (including phenoxy) is 2. The largest absolute Gasteiger partial charge is 0.468 e. The normalized spacial score (nSPS) is 14.1. The molecule has 0 radical (unpaired) electrons. The number of carbonyl (C=O) groups excluding carboxylic acids is 2. The second kappa shape index (κ2) is 8.18. The van der Waals surface area contributed by atoms with Crippen molar-refractivity contribution in [1.29, 1.82) is 0 Å². The van der Waals surface area contributed by atoms with E-state index in [1.807, 2.05) is 0 Å². The van der Waals surface area contributed by atoms with Crippen LogP contribution in [0.25, 0.3) is 0 Å². The van der Waals surface area contributed by atoms with Gasteiger partial charge in [-0.05, 0) is 23.7 Å². The standard InChI is InChI=1S/C8H14O4S3/c1-5(7(9)11-3)13-15-14-6(2)8(10)12-4/h5-6H,1-4H3. The Morgan fingerprint density at radius 3 is 1.53 bits per heavy atom. The first-order valence-corrected chi connectivity index (χ1v) is 7.78. The molecule has 15 heavy (non-hydrogen) atoms. The molecule has 0 aromatic carbocycles. The van der Waals surface area contributed by atoms with Crippen LogP contribution >= 0.6 is 31.4 Å². The summed E-state index contributed by atoms with van der Waals surface area (Å²) in [7, 11) is 6.82. The van der Waals surface area contributed by atoms with Gasteiger partial charge in [0.15, 0.2) is 0 Å². The zero-order valence-corrected chi connectivity index (χ0v) is 11.5. The Labute approximate surface area is 101 Å². The fourth-order valence-corrected chi connectivity index (χ4v) is 5.03. The van der Waals surface area contributed by atoms with E-state index in [-0.39, 0.29) is 22.4 Å². The lowest BCUT2D eigenvalue weighted by Gasteiger charge is -2.09. The van der Waals surface area contributed by atoms with Crippen molar-refractivity contribution in [2.24, 2.45) is 0 Å². The van der Waals surface area contributed by atoms with Crippen molar-refractivity contribution in [3.63, 3.8) is 0 Å². The summed E-state index contributed by atoms with van der Waals surface area (Å²) in [5.41, 5.74) is 0. The topological polar surface area (TPSA) is 52.6 Å². The maximum Gasteiger partial charge on any atom is 0.319 e. The lowest BCUT2D eigenvalue weighted by atomic mass is 10.5. The van der Waals surface area contributed by atoms with Gasteiger partial charge >= 0.3 is 11.9 Å². The third-order valence-electron chi connectivity index (χ3n) is 1.43. The Kier molecular flexibility index (Phi) is 8.17. The molecule has 0 amide bonds. The smallest absolute Gasteiger partial charge is 0.319 e.